The number of carbonyl (C=O) groups is 1. The Balaban J connectivity index is 1.41. The number of piperazine rings is 1. The van der Waals surface area contributed by atoms with E-state index in [0.29, 0.717) is 12.3 Å². The van der Waals surface area contributed by atoms with Crippen LogP contribution in [0.4, 0.5) is 0 Å². The van der Waals surface area contributed by atoms with Gasteiger partial charge in [0.05, 0.1) is 0 Å². The largest absolute Gasteiger partial charge is 0.479 e. The van der Waals surface area contributed by atoms with Gasteiger partial charge in [-0.2, -0.15) is 0 Å². The van der Waals surface area contributed by atoms with E-state index in [0.717, 1.165) is 43.4 Å². The zero-order chi connectivity index (χ0) is 15.4. The third kappa shape index (κ3) is 3.94. The smallest absolute Gasteiger partial charge is 0.262 e. The van der Waals surface area contributed by atoms with E-state index in [-0.39, 0.29) is 12.0 Å². The van der Waals surface area contributed by atoms with E-state index in [1.54, 1.807) is 11.8 Å². The van der Waals surface area contributed by atoms with E-state index in [1.165, 1.54) is 0 Å². The van der Waals surface area contributed by atoms with Crippen molar-refractivity contribution >= 4 is 17.7 Å². The zero-order valence-electron chi connectivity index (χ0n) is 13.0. The Bertz CT molecular complexity index is 518. The van der Waals surface area contributed by atoms with E-state index < -0.39 is 0 Å². The van der Waals surface area contributed by atoms with Crippen molar-refractivity contribution in [3.63, 3.8) is 0 Å². The molecule has 0 bridgehead atoms. The highest BCUT2D eigenvalue weighted by Gasteiger charge is 2.26. The molecule has 1 amide bonds. The van der Waals surface area contributed by atoms with Crippen molar-refractivity contribution in [1.29, 1.82) is 0 Å². The maximum Gasteiger partial charge on any atom is 0.262 e. The second kappa shape index (κ2) is 7.35. The maximum atomic E-state index is 12.2. The Morgan fingerprint density at radius 3 is 2.91 bits per heavy atom. The SMILES string of the molecule is CN1CCN(CCNC(=O)C2CSc3ccccc3O2)CC1. The van der Waals surface area contributed by atoms with Gasteiger partial charge in [0.1, 0.15) is 5.75 Å². The molecule has 2 aliphatic heterocycles. The maximum absolute atomic E-state index is 12.2. The molecule has 1 atom stereocenters. The highest BCUT2D eigenvalue weighted by atomic mass is 32.2. The van der Waals surface area contributed by atoms with Gasteiger partial charge in [0.25, 0.3) is 5.91 Å². The topological polar surface area (TPSA) is 44.8 Å². The van der Waals surface area contributed by atoms with E-state index in [4.69, 9.17) is 4.74 Å². The number of rotatable bonds is 4. The molecule has 1 N–H and O–H groups in total. The van der Waals surface area contributed by atoms with Crippen LogP contribution in [0.3, 0.4) is 0 Å². The highest BCUT2D eigenvalue weighted by Crippen LogP contribution is 2.34. The zero-order valence-corrected chi connectivity index (χ0v) is 13.8. The fourth-order valence-corrected chi connectivity index (χ4v) is 3.65. The molecule has 1 fully saturated rings. The summed E-state index contributed by atoms with van der Waals surface area (Å²) in [5, 5.41) is 3.01. The molecule has 0 aromatic heterocycles. The average Bonchev–Trinajstić information content (AvgIpc) is 2.56. The Kier molecular flexibility index (Phi) is 5.23. The number of nitrogens with one attached hydrogen (secondary N) is 1. The first-order valence-corrected chi connectivity index (χ1v) is 8.78. The van der Waals surface area contributed by atoms with Gasteiger partial charge in [-0.3, -0.25) is 9.69 Å². The number of hydrogen-bond acceptors (Lipinski definition) is 5. The van der Waals surface area contributed by atoms with Gasteiger partial charge in [-0.25, -0.2) is 0 Å². The van der Waals surface area contributed by atoms with Crippen LogP contribution >= 0.6 is 11.8 Å². The number of benzene rings is 1. The summed E-state index contributed by atoms with van der Waals surface area (Å²) in [6.07, 6.45) is -0.382. The fourth-order valence-electron chi connectivity index (χ4n) is 2.67. The summed E-state index contributed by atoms with van der Waals surface area (Å²) < 4.78 is 5.80. The molecule has 5 nitrogen and oxygen atoms in total. The molecule has 120 valence electrons. The number of ether oxygens (including phenoxy) is 1. The number of likely N-dealkylation sites (N-methyl/N-ethyl adjacent to an activating group) is 1. The minimum absolute atomic E-state index is 0.00358. The van der Waals surface area contributed by atoms with Gasteiger partial charge in [0, 0.05) is 49.9 Å². The number of hydrogen-bond donors (Lipinski definition) is 1. The second-order valence-electron chi connectivity index (χ2n) is 5.80. The van der Waals surface area contributed by atoms with Crippen LogP contribution < -0.4 is 10.1 Å². The van der Waals surface area contributed by atoms with Gasteiger partial charge in [-0.05, 0) is 19.2 Å². The first-order valence-electron chi connectivity index (χ1n) is 7.79. The molecule has 0 radical (unpaired) electrons. The number of fused-ring (bicyclic) bond motifs is 1. The highest BCUT2D eigenvalue weighted by molar-refractivity contribution is 7.99. The Morgan fingerprint density at radius 1 is 1.32 bits per heavy atom. The average molecular weight is 321 g/mol. The first-order chi connectivity index (χ1) is 10.7. The number of para-hydroxylation sites is 1. The number of carbonyl (C=O) groups excluding carboxylic acids is 1. The van der Waals surface area contributed by atoms with Crippen molar-refractivity contribution in [2.45, 2.75) is 11.0 Å². The Hall–Kier alpha value is -1.24. The molecule has 3 rings (SSSR count). The lowest BCUT2D eigenvalue weighted by Crippen LogP contribution is -2.48. The molecule has 1 saturated heterocycles. The van der Waals surface area contributed by atoms with Crippen LogP contribution in [0.1, 0.15) is 0 Å². The molecule has 2 heterocycles. The van der Waals surface area contributed by atoms with E-state index in [1.807, 2.05) is 24.3 Å². The minimum atomic E-state index is -0.382. The summed E-state index contributed by atoms with van der Waals surface area (Å²) in [5.41, 5.74) is 0. The summed E-state index contributed by atoms with van der Waals surface area (Å²) in [6, 6.07) is 7.88. The fraction of sp³-hybridized carbons (Fsp3) is 0.562. The second-order valence-corrected chi connectivity index (χ2v) is 6.86. The molecular formula is C16H23N3O2S. The van der Waals surface area contributed by atoms with Crippen LogP contribution in [0.25, 0.3) is 0 Å². The van der Waals surface area contributed by atoms with E-state index >= 15 is 0 Å². The van der Waals surface area contributed by atoms with Crippen LogP contribution in [0.2, 0.25) is 0 Å². The van der Waals surface area contributed by atoms with Crippen molar-refractivity contribution in [2.24, 2.45) is 0 Å². The van der Waals surface area contributed by atoms with Crippen LogP contribution in [0.15, 0.2) is 29.2 Å². The van der Waals surface area contributed by atoms with Crippen molar-refractivity contribution in [3.05, 3.63) is 24.3 Å². The standard InChI is InChI=1S/C16H23N3O2S/c1-18-8-10-19(11-9-18)7-6-17-16(20)14-12-22-15-5-3-2-4-13(15)21-14/h2-5,14H,6-12H2,1H3,(H,17,20). The Morgan fingerprint density at radius 2 is 2.09 bits per heavy atom. The minimum Gasteiger partial charge on any atom is -0.479 e. The molecule has 1 aromatic carbocycles. The lowest BCUT2D eigenvalue weighted by atomic mass is 10.3. The van der Waals surface area contributed by atoms with Gasteiger partial charge >= 0.3 is 0 Å². The number of nitrogens with zero attached hydrogens (tertiary/aromatic N) is 2. The molecule has 0 spiro atoms. The van der Waals surface area contributed by atoms with Crippen LogP contribution in [-0.4, -0.2) is 73.9 Å². The van der Waals surface area contributed by atoms with Crippen molar-refractivity contribution in [2.75, 3.05) is 52.1 Å². The van der Waals surface area contributed by atoms with Gasteiger partial charge in [-0.1, -0.05) is 12.1 Å². The predicted molar refractivity (Wildman–Crippen MR) is 88.5 cm³/mol. The lowest BCUT2D eigenvalue weighted by Gasteiger charge is -2.32. The molecule has 2 aliphatic rings. The predicted octanol–water partition coefficient (Wildman–Crippen LogP) is 0.903. The summed E-state index contributed by atoms with van der Waals surface area (Å²) in [4.78, 5) is 18.1. The Labute approximate surface area is 136 Å². The number of amides is 1. The summed E-state index contributed by atoms with van der Waals surface area (Å²) in [7, 11) is 2.15. The molecule has 6 heteroatoms. The molecule has 22 heavy (non-hydrogen) atoms. The normalized spacial score (nSPS) is 22.7. The number of thioether (sulfide) groups is 1. The first kappa shape index (κ1) is 15.6. The third-order valence-electron chi connectivity index (χ3n) is 4.12. The molecule has 0 aliphatic carbocycles. The van der Waals surface area contributed by atoms with Crippen LogP contribution in [-0.2, 0) is 4.79 Å². The monoisotopic (exact) mass is 321 g/mol. The molecular weight excluding hydrogens is 298 g/mol. The lowest BCUT2D eigenvalue weighted by molar-refractivity contribution is -0.127. The summed E-state index contributed by atoms with van der Waals surface area (Å²) in [6.45, 7) is 5.97. The van der Waals surface area contributed by atoms with Gasteiger partial charge in [0.2, 0.25) is 0 Å². The molecule has 0 saturated carbocycles. The van der Waals surface area contributed by atoms with Crippen LogP contribution in [0.5, 0.6) is 5.75 Å². The van der Waals surface area contributed by atoms with Crippen LogP contribution in [0, 0.1) is 0 Å². The van der Waals surface area contributed by atoms with Gasteiger partial charge < -0.3 is 15.0 Å². The molecule has 1 aromatic rings. The van der Waals surface area contributed by atoms with Crippen molar-refractivity contribution in [1.82, 2.24) is 15.1 Å². The molecule has 1 unspecified atom stereocenters. The quantitative estimate of drug-likeness (QED) is 0.893. The van der Waals surface area contributed by atoms with Gasteiger partial charge in [-0.15, -0.1) is 11.8 Å². The van der Waals surface area contributed by atoms with E-state index in [2.05, 4.69) is 22.2 Å². The summed E-state index contributed by atoms with van der Waals surface area (Å²) in [5.74, 6) is 1.49. The van der Waals surface area contributed by atoms with E-state index in [9.17, 15) is 4.79 Å². The summed E-state index contributed by atoms with van der Waals surface area (Å²) >= 11 is 1.69. The third-order valence-corrected chi connectivity index (χ3v) is 5.24. The van der Waals surface area contributed by atoms with Crippen molar-refractivity contribution in [3.8, 4) is 5.75 Å². The van der Waals surface area contributed by atoms with Crippen molar-refractivity contribution < 1.29 is 9.53 Å². The van der Waals surface area contributed by atoms with Gasteiger partial charge in [0.15, 0.2) is 6.10 Å².